The molecule has 1 amide bonds. The number of hydrogen-bond acceptors (Lipinski definition) is 8. The van der Waals surface area contributed by atoms with Crippen LogP contribution in [0.15, 0.2) is 63.9 Å². The highest BCUT2D eigenvalue weighted by Crippen LogP contribution is 2.29. The molecule has 0 saturated carbocycles. The molecule has 0 spiro atoms. The molecule has 10 heteroatoms. The molecule has 0 bridgehead atoms. The molecule has 0 fully saturated rings. The van der Waals surface area contributed by atoms with Gasteiger partial charge in [0.15, 0.2) is 5.16 Å². The summed E-state index contributed by atoms with van der Waals surface area (Å²) in [4.78, 5) is 30.7. The number of anilines is 1. The zero-order valence-corrected chi connectivity index (χ0v) is 20.5. The fourth-order valence-electron chi connectivity index (χ4n) is 3.41. The van der Waals surface area contributed by atoms with Gasteiger partial charge in [-0.25, -0.2) is 4.98 Å². The predicted molar refractivity (Wildman–Crippen MR) is 135 cm³/mol. The van der Waals surface area contributed by atoms with Crippen LogP contribution in [0.2, 0.25) is 0 Å². The topological polar surface area (TPSA) is 91.7 Å². The average Bonchev–Trinajstić information content (AvgIpc) is 3.33. The van der Waals surface area contributed by atoms with Crippen LogP contribution in [-0.2, 0) is 11.3 Å². The first-order chi connectivity index (χ1) is 16.5. The minimum absolute atomic E-state index is 0.0500. The van der Waals surface area contributed by atoms with Crippen LogP contribution in [0.25, 0.3) is 10.2 Å². The molecular formula is C24H23N3O5S2. The van der Waals surface area contributed by atoms with Gasteiger partial charge in [0.1, 0.15) is 21.9 Å². The highest BCUT2D eigenvalue weighted by molar-refractivity contribution is 7.99. The van der Waals surface area contributed by atoms with Crippen molar-refractivity contribution in [1.29, 1.82) is 0 Å². The van der Waals surface area contributed by atoms with Gasteiger partial charge in [-0.3, -0.25) is 14.2 Å². The van der Waals surface area contributed by atoms with Crippen LogP contribution in [0.1, 0.15) is 5.56 Å². The summed E-state index contributed by atoms with van der Waals surface area (Å²) in [5.41, 5.74) is 1.81. The van der Waals surface area contributed by atoms with Gasteiger partial charge in [-0.1, -0.05) is 30.0 Å². The number of thiophene rings is 1. The standard InChI is InChI=1S/C24H23N3O5S2/c1-30-16-8-9-20(32-3)18(12-16)25-21(28)14-34-24-26-17-10-11-33-22(17)23(29)27(24)13-15-6-4-5-7-19(15)31-2/h4-12H,13-14H2,1-3H3,(H,25,28). The molecule has 4 rings (SSSR count). The Morgan fingerprint density at radius 2 is 1.85 bits per heavy atom. The van der Waals surface area contributed by atoms with E-state index in [0.717, 1.165) is 5.56 Å². The van der Waals surface area contributed by atoms with Crippen molar-refractivity contribution >= 4 is 44.9 Å². The van der Waals surface area contributed by atoms with Crippen LogP contribution in [0.4, 0.5) is 5.69 Å². The van der Waals surface area contributed by atoms with E-state index in [1.807, 2.05) is 29.6 Å². The SMILES string of the molecule is COc1ccc(OC)c(NC(=O)CSc2nc3ccsc3c(=O)n2Cc2ccccc2OC)c1. The van der Waals surface area contributed by atoms with E-state index in [-0.39, 0.29) is 23.8 Å². The van der Waals surface area contributed by atoms with Gasteiger partial charge in [0, 0.05) is 11.6 Å². The lowest BCUT2D eigenvalue weighted by molar-refractivity contribution is -0.113. The maximum atomic E-state index is 13.3. The quantitative estimate of drug-likeness (QED) is 0.273. The first-order valence-corrected chi connectivity index (χ1v) is 12.1. The zero-order valence-electron chi connectivity index (χ0n) is 18.9. The lowest BCUT2D eigenvalue weighted by Crippen LogP contribution is -2.24. The molecule has 176 valence electrons. The van der Waals surface area contributed by atoms with Crippen LogP contribution >= 0.6 is 23.1 Å². The van der Waals surface area contributed by atoms with Gasteiger partial charge < -0.3 is 19.5 Å². The fraction of sp³-hybridized carbons (Fsp3) is 0.208. The van der Waals surface area contributed by atoms with E-state index in [0.29, 0.717) is 38.3 Å². The summed E-state index contributed by atoms with van der Waals surface area (Å²) in [6.45, 7) is 0.275. The molecule has 8 nitrogen and oxygen atoms in total. The Morgan fingerprint density at radius 1 is 1.06 bits per heavy atom. The molecule has 1 N–H and O–H groups in total. The van der Waals surface area contributed by atoms with Gasteiger partial charge in [0.25, 0.3) is 5.56 Å². The summed E-state index contributed by atoms with van der Waals surface area (Å²) >= 11 is 2.54. The van der Waals surface area contributed by atoms with Gasteiger partial charge in [-0.05, 0) is 29.6 Å². The third-order valence-corrected chi connectivity index (χ3v) is 6.93. The average molecular weight is 498 g/mol. The van der Waals surface area contributed by atoms with Crippen LogP contribution in [-0.4, -0.2) is 42.5 Å². The van der Waals surface area contributed by atoms with Crippen LogP contribution in [0.5, 0.6) is 17.2 Å². The smallest absolute Gasteiger partial charge is 0.272 e. The normalized spacial score (nSPS) is 10.8. The second-order valence-corrected chi connectivity index (χ2v) is 8.99. The van der Waals surface area contributed by atoms with Crippen molar-refractivity contribution in [2.24, 2.45) is 0 Å². The summed E-state index contributed by atoms with van der Waals surface area (Å²) in [7, 11) is 4.68. The number of nitrogens with zero attached hydrogens (tertiary/aromatic N) is 2. The Balaban J connectivity index is 1.60. The third kappa shape index (κ3) is 5.02. The van der Waals surface area contributed by atoms with E-state index in [9.17, 15) is 9.59 Å². The van der Waals surface area contributed by atoms with Gasteiger partial charge in [-0.2, -0.15) is 0 Å². The maximum Gasteiger partial charge on any atom is 0.272 e. The molecule has 2 aromatic carbocycles. The molecule has 0 unspecified atom stereocenters. The number of ether oxygens (including phenoxy) is 3. The molecule has 2 heterocycles. The van der Waals surface area contributed by atoms with E-state index in [1.165, 1.54) is 30.2 Å². The zero-order chi connectivity index (χ0) is 24.1. The molecule has 0 radical (unpaired) electrons. The molecule has 34 heavy (non-hydrogen) atoms. The lowest BCUT2D eigenvalue weighted by Gasteiger charge is -2.15. The minimum Gasteiger partial charge on any atom is -0.497 e. The molecule has 0 aliphatic heterocycles. The second kappa shape index (κ2) is 10.6. The number of methoxy groups -OCH3 is 3. The van der Waals surface area contributed by atoms with Crippen molar-refractivity contribution in [3.63, 3.8) is 0 Å². The van der Waals surface area contributed by atoms with Crippen molar-refractivity contribution in [2.75, 3.05) is 32.4 Å². The largest absolute Gasteiger partial charge is 0.497 e. The first-order valence-electron chi connectivity index (χ1n) is 10.3. The molecule has 0 atom stereocenters. The van der Waals surface area contributed by atoms with E-state index in [2.05, 4.69) is 10.3 Å². The summed E-state index contributed by atoms with van der Waals surface area (Å²) in [6, 6.07) is 14.5. The number of rotatable bonds is 9. The summed E-state index contributed by atoms with van der Waals surface area (Å²) in [6.07, 6.45) is 0. The highest BCUT2D eigenvalue weighted by Gasteiger charge is 2.17. The second-order valence-electron chi connectivity index (χ2n) is 7.14. The van der Waals surface area contributed by atoms with Gasteiger partial charge in [-0.15, -0.1) is 11.3 Å². The van der Waals surface area contributed by atoms with Gasteiger partial charge >= 0.3 is 0 Å². The number of para-hydroxylation sites is 1. The predicted octanol–water partition coefficient (Wildman–Crippen LogP) is 4.26. The third-order valence-electron chi connectivity index (χ3n) is 5.06. The van der Waals surface area contributed by atoms with E-state index in [4.69, 9.17) is 14.2 Å². The molecule has 0 saturated heterocycles. The number of carbonyl (C=O) groups is 1. The first kappa shape index (κ1) is 23.7. The Labute approximate surface area is 204 Å². The Kier molecular flexibility index (Phi) is 7.39. The number of fused-ring (bicyclic) bond motifs is 1. The van der Waals surface area contributed by atoms with Crippen molar-refractivity contribution in [3.05, 3.63) is 69.8 Å². The highest BCUT2D eigenvalue weighted by atomic mass is 32.2. The fourth-order valence-corrected chi connectivity index (χ4v) is 4.98. The van der Waals surface area contributed by atoms with Crippen molar-refractivity contribution < 1.29 is 19.0 Å². The lowest BCUT2D eigenvalue weighted by atomic mass is 10.2. The Hall–Kier alpha value is -3.50. The monoisotopic (exact) mass is 497 g/mol. The molecule has 0 aliphatic rings. The van der Waals surface area contributed by atoms with Gasteiger partial charge in [0.2, 0.25) is 5.91 Å². The summed E-state index contributed by atoms with van der Waals surface area (Å²) in [5, 5.41) is 5.13. The summed E-state index contributed by atoms with van der Waals surface area (Å²) < 4.78 is 18.2. The number of nitrogens with one attached hydrogen (secondary N) is 1. The van der Waals surface area contributed by atoms with Crippen LogP contribution in [0.3, 0.4) is 0 Å². The number of hydrogen-bond donors (Lipinski definition) is 1. The van der Waals surface area contributed by atoms with Crippen molar-refractivity contribution in [3.8, 4) is 17.2 Å². The number of aromatic nitrogens is 2. The molecule has 2 aromatic heterocycles. The van der Waals surface area contributed by atoms with Crippen molar-refractivity contribution in [1.82, 2.24) is 9.55 Å². The Bertz CT molecular complexity index is 1380. The van der Waals surface area contributed by atoms with Gasteiger partial charge in [0.05, 0.1) is 44.8 Å². The molecule has 4 aromatic rings. The summed E-state index contributed by atoms with van der Waals surface area (Å²) in [5.74, 6) is 1.58. The number of amides is 1. The molecular weight excluding hydrogens is 474 g/mol. The number of benzene rings is 2. The maximum absolute atomic E-state index is 13.3. The van der Waals surface area contributed by atoms with E-state index in [1.54, 1.807) is 43.1 Å². The van der Waals surface area contributed by atoms with Crippen LogP contribution < -0.4 is 25.1 Å². The minimum atomic E-state index is -0.264. The number of carbonyl (C=O) groups excluding carboxylic acids is 1. The Morgan fingerprint density at radius 3 is 2.62 bits per heavy atom. The van der Waals surface area contributed by atoms with Crippen molar-refractivity contribution in [2.45, 2.75) is 11.7 Å². The molecule has 0 aliphatic carbocycles. The van der Waals surface area contributed by atoms with E-state index >= 15 is 0 Å². The van der Waals surface area contributed by atoms with Crippen LogP contribution in [0, 0.1) is 0 Å². The van der Waals surface area contributed by atoms with E-state index < -0.39 is 0 Å². The number of thioether (sulfide) groups is 1.